The van der Waals surface area contributed by atoms with E-state index in [4.69, 9.17) is 5.73 Å². The molecule has 10 nitrogen and oxygen atoms in total. The van der Waals surface area contributed by atoms with Crippen LogP contribution in [0.25, 0.3) is 16.7 Å². The Morgan fingerprint density at radius 2 is 1.90 bits per heavy atom. The smallest absolute Gasteiger partial charge is 0.254 e. The number of hydrogen-bond donors (Lipinski definition) is 2. The van der Waals surface area contributed by atoms with E-state index in [1.807, 2.05) is 38.4 Å². The van der Waals surface area contributed by atoms with Crippen molar-refractivity contribution in [1.82, 2.24) is 29.4 Å². The second kappa shape index (κ2) is 7.78. The number of amides is 2. The predicted molar refractivity (Wildman–Crippen MR) is 116 cm³/mol. The topological polar surface area (TPSA) is 133 Å². The summed E-state index contributed by atoms with van der Waals surface area (Å²) in [4.78, 5) is 33.0. The van der Waals surface area contributed by atoms with E-state index in [1.165, 1.54) is 6.20 Å². The molecule has 0 atom stereocenters. The van der Waals surface area contributed by atoms with Crippen LogP contribution >= 0.6 is 0 Å². The zero-order valence-corrected chi connectivity index (χ0v) is 17.9. The van der Waals surface area contributed by atoms with Gasteiger partial charge in [-0.25, -0.2) is 19.2 Å². The molecule has 4 rings (SSSR count). The highest BCUT2D eigenvalue weighted by atomic mass is 16.2. The fourth-order valence-corrected chi connectivity index (χ4v) is 3.69. The minimum Gasteiger partial charge on any atom is -0.365 e. The van der Waals surface area contributed by atoms with Crippen molar-refractivity contribution in [3.8, 4) is 0 Å². The normalized spacial score (nSPS) is 11.5. The Balaban J connectivity index is 1.49. The molecule has 0 radical (unpaired) electrons. The van der Waals surface area contributed by atoms with Gasteiger partial charge in [0, 0.05) is 29.2 Å². The van der Waals surface area contributed by atoms with Crippen molar-refractivity contribution >= 4 is 34.2 Å². The van der Waals surface area contributed by atoms with Crippen LogP contribution in [0.2, 0.25) is 0 Å². The average Bonchev–Trinajstić information content (AvgIpc) is 3.31. The van der Waals surface area contributed by atoms with Crippen LogP contribution in [0.5, 0.6) is 0 Å². The summed E-state index contributed by atoms with van der Waals surface area (Å²) in [5, 5.41) is 12.3. The minimum absolute atomic E-state index is 0.130. The van der Waals surface area contributed by atoms with Crippen molar-refractivity contribution in [2.75, 3.05) is 5.32 Å². The number of fused-ring (bicyclic) bond motifs is 2. The number of carbonyl (C=O) groups excluding carboxylic acids is 2. The molecule has 0 aromatic carbocycles. The van der Waals surface area contributed by atoms with Crippen LogP contribution in [0.1, 0.15) is 53.6 Å². The van der Waals surface area contributed by atoms with Gasteiger partial charge >= 0.3 is 0 Å². The molecule has 10 heteroatoms. The van der Waals surface area contributed by atoms with Crippen LogP contribution < -0.4 is 11.1 Å². The summed E-state index contributed by atoms with van der Waals surface area (Å²) < 4.78 is 3.43. The number of anilines is 1. The van der Waals surface area contributed by atoms with Crippen molar-refractivity contribution in [2.45, 2.75) is 46.6 Å². The predicted octanol–water partition coefficient (Wildman–Crippen LogP) is 2.34. The van der Waals surface area contributed by atoms with Gasteiger partial charge in [0.1, 0.15) is 5.56 Å². The summed E-state index contributed by atoms with van der Waals surface area (Å²) in [5.41, 5.74) is 9.98. The van der Waals surface area contributed by atoms with Crippen molar-refractivity contribution in [3.05, 3.63) is 47.2 Å². The van der Waals surface area contributed by atoms with Gasteiger partial charge in [-0.1, -0.05) is 0 Å². The SMILES string of the molecule is Cc1nc2c(C(N)=O)cnn2c(C)c1CCC(=O)Nc1cnc2c(cnn2C(C)C)c1. The summed E-state index contributed by atoms with van der Waals surface area (Å²) in [7, 11) is 0. The van der Waals surface area contributed by atoms with E-state index in [-0.39, 0.29) is 23.9 Å². The lowest BCUT2D eigenvalue weighted by atomic mass is 10.1. The first-order valence-electron chi connectivity index (χ1n) is 10.0. The number of carbonyl (C=O) groups is 2. The van der Waals surface area contributed by atoms with Gasteiger partial charge in [0.05, 0.1) is 24.3 Å². The van der Waals surface area contributed by atoms with Crippen molar-refractivity contribution in [3.63, 3.8) is 0 Å². The number of nitrogens with one attached hydrogen (secondary N) is 1. The lowest BCUT2D eigenvalue weighted by molar-refractivity contribution is -0.116. The van der Waals surface area contributed by atoms with E-state index in [2.05, 4.69) is 25.5 Å². The Bertz CT molecular complexity index is 1320. The van der Waals surface area contributed by atoms with Crippen LogP contribution in [-0.4, -0.2) is 41.2 Å². The molecular formula is C21H24N8O2. The molecule has 31 heavy (non-hydrogen) atoms. The van der Waals surface area contributed by atoms with Gasteiger partial charge in [-0.15, -0.1) is 0 Å². The summed E-state index contributed by atoms with van der Waals surface area (Å²) in [5.74, 6) is -0.701. The quantitative estimate of drug-likeness (QED) is 0.492. The summed E-state index contributed by atoms with van der Waals surface area (Å²) in [6.07, 6.45) is 5.55. The Hall–Kier alpha value is -3.82. The lowest BCUT2D eigenvalue weighted by Crippen LogP contribution is -2.15. The zero-order chi connectivity index (χ0) is 22.3. The van der Waals surface area contributed by atoms with E-state index >= 15 is 0 Å². The highest BCUT2D eigenvalue weighted by Gasteiger charge is 2.17. The number of aryl methyl sites for hydroxylation is 2. The Kier molecular flexibility index (Phi) is 5.14. The second-order valence-corrected chi connectivity index (χ2v) is 7.79. The molecule has 4 aromatic rings. The molecule has 0 saturated heterocycles. The first-order chi connectivity index (χ1) is 14.8. The van der Waals surface area contributed by atoms with E-state index in [1.54, 1.807) is 16.9 Å². The van der Waals surface area contributed by atoms with E-state index < -0.39 is 5.91 Å². The largest absolute Gasteiger partial charge is 0.365 e. The van der Waals surface area contributed by atoms with Gasteiger partial charge in [-0.3, -0.25) is 9.59 Å². The molecule has 2 amide bonds. The molecule has 0 aliphatic heterocycles. The Labute approximate surface area is 178 Å². The van der Waals surface area contributed by atoms with Gasteiger partial charge in [-0.05, 0) is 45.7 Å². The maximum Gasteiger partial charge on any atom is 0.254 e. The van der Waals surface area contributed by atoms with Crippen LogP contribution in [0, 0.1) is 13.8 Å². The molecule has 3 N–H and O–H groups in total. The third kappa shape index (κ3) is 3.72. The van der Waals surface area contributed by atoms with E-state index in [0.29, 0.717) is 17.8 Å². The molecule has 4 heterocycles. The van der Waals surface area contributed by atoms with E-state index in [0.717, 1.165) is 28.0 Å². The molecule has 0 unspecified atom stereocenters. The summed E-state index contributed by atoms with van der Waals surface area (Å²) >= 11 is 0. The van der Waals surface area contributed by atoms with E-state index in [9.17, 15) is 9.59 Å². The molecule has 0 aliphatic carbocycles. The molecular weight excluding hydrogens is 396 g/mol. The van der Waals surface area contributed by atoms with Gasteiger partial charge in [0.15, 0.2) is 11.3 Å². The monoisotopic (exact) mass is 420 g/mol. The number of hydrogen-bond acceptors (Lipinski definition) is 6. The number of nitrogens with two attached hydrogens (primary N) is 1. The second-order valence-electron chi connectivity index (χ2n) is 7.79. The molecule has 160 valence electrons. The summed E-state index contributed by atoms with van der Waals surface area (Å²) in [6.45, 7) is 7.81. The molecule has 0 bridgehead atoms. The van der Waals surface area contributed by atoms with Gasteiger partial charge in [0.2, 0.25) is 5.91 Å². The number of pyridine rings is 1. The highest BCUT2D eigenvalue weighted by Crippen LogP contribution is 2.21. The lowest BCUT2D eigenvalue weighted by Gasteiger charge is -2.12. The number of primary amides is 1. The molecule has 0 spiro atoms. The molecule has 0 fully saturated rings. The third-order valence-electron chi connectivity index (χ3n) is 5.28. The number of rotatable bonds is 6. The molecule has 4 aromatic heterocycles. The number of aromatic nitrogens is 6. The molecule has 0 saturated carbocycles. The first kappa shape index (κ1) is 20.5. The Morgan fingerprint density at radius 1 is 1.13 bits per heavy atom. The highest BCUT2D eigenvalue weighted by molar-refractivity contribution is 5.98. The Morgan fingerprint density at radius 3 is 2.61 bits per heavy atom. The van der Waals surface area contributed by atoms with Crippen molar-refractivity contribution in [1.29, 1.82) is 0 Å². The van der Waals surface area contributed by atoms with Crippen LogP contribution in [-0.2, 0) is 11.2 Å². The molecule has 0 aliphatic rings. The number of nitrogens with zero attached hydrogens (tertiary/aromatic N) is 6. The van der Waals surface area contributed by atoms with Gasteiger partial charge in [0.25, 0.3) is 5.91 Å². The van der Waals surface area contributed by atoms with Crippen molar-refractivity contribution in [2.24, 2.45) is 5.73 Å². The van der Waals surface area contributed by atoms with Crippen LogP contribution in [0.4, 0.5) is 5.69 Å². The minimum atomic E-state index is -0.571. The summed E-state index contributed by atoms with van der Waals surface area (Å²) in [6, 6.07) is 2.07. The fourth-order valence-electron chi connectivity index (χ4n) is 3.69. The zero-order valence-electron chi connectivity index (χ0n) is 17.9. The van der Waals surface area contributed by atoms with Crippen LogP contribution in [0.15, 0.2) is 24.7 Å². The maximum absolute atomic E-state index is 12.6. The van der Waals surface area contributed by atoms with Crippen LogP contribution in [0.3, 0.4) is 0 Å². The maximum atomic E-state index is 12.6. The average molecular weight is 420 g/mol. The standard InChI is InChI=1S/C21H24N8O2/c1-11(2)28-20-14(8-24-28)7-15(9-23-20)27-18(30)6-5-16-12(3)26-21-17(19(22)31)10-25-29(21)13(16)4/h7-11H,5-6H2,1-4H3,(H2,22,31)(H,27,30). The first-order valence-corrected chi connectivity index (χ1v) is 10.0. The van der Waals surface area contributed by atoms with Gasteiger partial charge in [-0.2, -0.15) is 10.2 Å². The fraction of sp³-hybridized carbons (Fsp3) is 0.333. The third-order valence-corrected chi connectivity index (χ3v) is 5.28. The van der Waals surface area contributed by atoms with Gasteiger partial charge < -0.3 is 11.1 Å². The van der Waals surface area contributed by atoms with Crippen molar-refractivity contribution < 1.29 is 9.59 Å².